The van der Waals surface area contributed by atoms with Gasteiger partial charge >= 0.3 is 0 Å². The van der Waals surface area contributed by atoms with Crippen LogP contribution in [-0.2, 0) is 15.6 Å². The molecule has 1 N–H and O–H groups in total. The molecule has 0 saturated carbocycles. The molecule has 6 heteroatoms. The molecule has 0 aliphatic rings. The molecule has 106 valence electrons. The molecule has 2 rings (SSSR count). The van der Waals surface area contributed by atoms with Crippen LogP contribution in [0.2, 0.25) is 0 Å². The van der Waals surface area contributed by atoms with Crippen molar-refractivity contribution in [3.05, 3.63) is 45.6 Å². The second kappa shape index (κ2) is 7.71. The Balaban J connectivity index is 1.74. The molecule has 0 saturated heterocycles. The minimum atomic E-state index is -1.05. The van der Waals surface area contributed by atoms with E-state index in [0.717, 1.165) is 15.1 Å². The first-order chi connectivity index (χ1) is 9.65. The molecule has 1 aromatic heterocycles. The highest BCUT2D eigenvalue weighted by Gasteiger charge is 2.07. The van der Waals surface area contributed by atoms with Crippen molar-refractivity contribution in [1.29, 1.82) is 0 Å². The van der Waals surface area contributed by atoms with Crippen LogP contribution in [0, 0.1) is 0 Å². The largest absolute Gasteiger partial charge is 0.325 e. The van der Waals surface area contributed by atoms with Gasteiger partial charge in [0.1, 0.15) is 0 Å². The number of halogens is 1. The third-order valence-electron chi connectivity index (χ3n) is 2.62. The Kier molecular flexibility index (Phi) is 5.94. The summed E-state index contributed by atoms with van der Waals surface area (Å²) in [6, 6.07) is 9.28. The highest BCUT2D eigenvalue weighted by molar-refractivity contribution is 9.10. The van der Waals surface area contributed by atoms with Crippen LogP contribution in [0.5, 0.6) is 0 Å². The van der Waals surface area contributed by atoms with E-state index in [-0.39, 0.29) is 5.91 Å². The van der Waals surface area contributed by atoms with Crippen molar-refractivity contribution in [2.24, 2.45) is 0 Å². The van der Waals surface area contributed by atoms with Gasteiger partial charge in [0.15, 0.2) is 0 Å². The van der Waals surface area contributed by atoms with Crippen molar-refractivity contribution in [2.75, 3.05) is 11.1 Å². The number of rotatable bonds is 6. The standard InChI is InChI=1S/C14H14BrNO2S2/c15-11-3-5-13(6-4-11)20(18)9-1-2-14(17)16-12-7-8-19-10-12/h3-8,10H,1-2,9H2,(H,16,17)/t20-/m1/s1. The first-order valence-electron chi connectivity index (χ1n) is 6.11. The monoisotopic (exact) mass is 371 g/mol. The third-order valence-corrected chi connectivity index (χ3v) is 5.28. The highest BCUT2D eigenvalue weighted by Crippen LogP contribution is 2.15. The van der Waals surface area contributed by atoms with Crippen LogP contribution in [-0.4, -0.2) is 15.9 Å². The summed E-state index contributed by atoms with van der Waals surface area (Å²) in [6.45, 7) is 0. The topological polar surface area (TPSA) is 46.2 Å². The average Bonchev–Trinajstić information content (AvgIpc) is 2.92. The summed E-state index contributed by atoms with van der Waals surface area (Å²) in [5, 5.41) is 6.61. The molecule has 1 aromatic carbocycles. The zero-order chi connectivity index (χ0) is 14.4. The van der Waals surface area contributed by atoms with Crippen LogP contribution in [0.1, 0.15) is 12.8 Å². The van der Waals surface area contributed by atoms with Crippen molar-refractivity contribution in [2.45, 2.75) is 17.7 Å². The van der Waals surface area contributed by atoms with E-state index in [1.807, 2.05) is 41.1 Å². The molecule has 0 radical (unpaired) electrons. The molecule has 0 bridgehead atoms. The molecular weight excluding hydrogens is 358 g/mol. The number of hydrogen-bond acceptors (Lipinski definition) is 3. The molecule has 0 aliphatic carbocycles. The molecular formula is C14H14BrNO2S2. The Morgan fingerprint density at radius 3 is 2.65 bits per heavy atom. The highest BCUT2D eigenvalue weighted by atomic mass is 79.9. The van der Waals surface area contributed by atoms with Gasteiger partial charge in [0.25, 0.3) is 0 Å². The van der Waals surface area contributed by atoms with E-state index in [1.165, 1.54) is 0 Å². The van der Waals surface area contributed by atoms with Gasteiger partial charge < -0.3 is 5.32 Å². The summed E-state index contributed by atoms with van der Waals surface area (Å²) in [7, 11) is -1.05. The first kappa shape index (κ1) is 15.4. The molecule has 0 unspecified atom stereocenters. The summed E-state index contributed by atoms with van der Waals surface area (Å²) in [5.41, 5.74) is 0.828. The van der Waals surface area contributed by atoms with Gasteiger partial charge in [-0.05, 0) is 42.1 Å². The van der Waals surface area contributed by atoms with Gasteiger partial charge in [-0.15, -0.1) is 0 Å². The van der Waals surface area contributed by atoms with Crippen LogP contribution >= 0.6 is 27.3 Å². The number of amides is 1. The number of carbonyl (C=O) groups excluding carboxylic acids is 1. The molecule has 20 heavy (non-hydrogen) atoms. The number of thiophene rings is 1. The van der Waals surface area contributed by atoms with E-state index in [9.17, 15) is 9.00 Å². The predicted octanol–water partition coefficient (Wildman–Crippen LogP) is 4.04. The van der Waals surface area contributed by atoms with Crippen LogP contribution < -0.4 is 5.32 Å². The number of nitrogens with one attached hydrogen (secondary N) is 1. The Labute approximate surface area is 133 Å². The minimum absolute atomic E-state index is 0.0313. The fourth-order valence-corrected chi connectivity index (χ4v) is 3.56. The second-order valence-electron chi connectivity index (χ2n) is 4.17. The lowest BCUT2D eigenvalue weighted by molar-refractivity contribution is -0.116. The van der Waals surface area contributed by atoms with Crippen molar-refractivity contribution < 1.29 is 9.00 Å². The van der Waals surface area contributed by atoms with Crippen LogP contribution in [0.25, 0.3) is 0 Å². The quantitative estimate of drug-likeness (QED) is 0.832. The molecule has 2 aromatic rings. The van der Waals surface area contributed by atoms with Crippen LogP contribution in [0.15, 0.2) is 50.5 Å². The van der Waals surface area contributed by atoms with Crippen molar-refractivity contribution in [3.8, 4) is 0 Å². The van der Waals surface area contributed by atoms with E-state index in [2.05, 4.69) is 21.2 Å². The Morgan fingerprint density at radius 2 is 2.00 bits per heavy atom. The van der Waals surface area contributed by atoms with E-state index in [4.69, 9.17) is 0 Å². The zero-order valence-corrected chi connectivity index (χ0v) is 13.9. The third kappa shape index (κ3) is 4.85. The Morgan fingerprint density at radius 1 is 1.25 bits per heavy atom. The normalized spacial score (nSPS) is 12.1. The minimum Gasteiger partial charge on any atom is -0.325 e. The maximum absolute atomic E-state index is 12.0. The molecule has 1 heterocycles. The SMILES string of the molecule is O=C(CCC[S@@](=O)c1ccc(Br)cc1)Nc1ccsc1. The summed E-state index contributed by atoms with van der Waals surface area (Å²) >= 11 is 4.88. The lowest BCUT2D eigenvalue weighted by atomic mass is 10.3. The summed E-state index contributed by atoms with van der Waals surface area (Å²) in [5.74, 6) is 0.467. The number of carbonyl (C=O) groups is 1. The summed E-state index contributed by atoms with van der Waals surface area (Å²) in [4.78, 5) is 12.5. The average molecular weight is 372 g/mol. The van der Waals surface area contributed by atoms with Gasteiger partial charge in [0.05, 0.1) is 16.5 Å². The van der Waals surface area contributed by atoms with E-state index < -0.39 is 10.8 Å². The van der Waals surface area contributed by atoms with Gasteiger partial charge in [-0.1, -0.05) is 15.9 Å². The molecule has 0 spiro atoms. The molecule has 1 amide bonds. The maximum Gasteiger partial charge on any atom is 0.224 e. The smallest absolute Gasteiger partial charge is 0.224 e. The molecule has 0 fully saturated rings. The first-order valence-corrected chi connectivity index (χ1v) is 9.16. The maximum atomic E-state index is 12.0. The summed E-state index contributed by atoms with van der Waals surface area (Å²) < 4.78 is 13.0. The van der Waals surface area contributed by atoms with E-state index in [0.29, 0.717) is 18.6 Å². The summed E-state index contributed by atoms with van der Waals surface area (Å²) in [6.07, 6.45) is 0.997. The fraction of sp³-hybridized carbons (Fsp3) is 0.214. The van der Waals surface area contributed by atoms with Crippen LogP contribution in [0.3, 0.4) is 0 Å². The predicted molar refractivity (Wildman–Crippen MR) is 87.6 cm³/mol. The fourth-order valence-electron chi connectivity index (χ4n) is 1.63. The Hall–Kier alpha value is -0.980. The molecule has 1 atom stereocenters. The van der Waals surface area contributed by atoms with Crippen molar-refractivity contribution >= 4 is 49.7 Å². The number of hydrogen-bond donors (Lipinski definition) is 1. The van der Waals surface area contributed by atoms with Gasteiger partial charge in [0.2, 0.25) is 5.91 Å². The van der Waals surface area contributed by atoms with Crippen molar-refractivity contribution in [3.63, 3.8) is 0 Å². The van der Waals surface area contributed by atoms with E-state index >= 15 is 0 Å². The van der Waals surface area contributed by atoms with Gasteiger partial charge in [0, 0.05) is 26.9 Å². The van der Waals surface area contributed by atoms with Crippen LogP contribution in [0.4, 0.5) is 5.69 Å². The lowest BCUT2D eigenvalue weighted by Crippen LogP contribution is -2.12. The lowest BCUT2D eigenvalue weighted by Gasteiger charge is -2.04. The van der Waals surface area contributed by atoms with Gasteiger partial charge in [-0.3, -0.25) is 9.00 Å². The zero-order valence-electron chi connectivity index (χ0n) is 10.7. The Bertz CT molecular complexity index is 582. The van der Waals surface area contributed by atoms with Gasteiger partial charge in [-0.2, -0.15) is 11.3 Å². The number of benzene rings is 1. The van der Waals surface area contributed by atoms with E-state index in [1.54, 1.807) is 11.3 Å². The molecule has 0 aliphatic heterocycles. The van der Waals surface area contributed by atoms with Crippen molar-refractivity contribution in [1.82, 2.24) is 0 Å². The second-order valence-corrected chi connectivity index (χ2v) is 7.43. The van der Waals surface area contributed by atoms with Gasteiger partial charge in [-0.25, -0.2) is 0 Å². The number of anilines is 1. The molecule has 3 nitrogen and oxygen atoms in total.